The second-order valence-corrected chi connectivity index (χ2v) is 8.69. The molecule has 0 spiro atoms. The van der Waals surface area contributed by atoms with Gasteiger partial charge >= 0.3 is 0 Å². The maximum Gasteiger partial charge on any atom is 0.255 e. The van der Waals surface area contributed by atoms with Crippen LogP contribution in [-0.4, -0.2) is 48.8 Å². The molecule has 2 heterocycles. The highest BCUT2D eigenvalue weighted by Gasteiger charge is 2.25. The van der Waals surface area contributed by atoms with Crippen LogP contribution in [0.1, 0.15) is 15.9 Å². The molecule has 1 aliphatic rings. The second-order valence-electron chi connectivity index (χ2n) is 5.98. The molecular weight excluding hydrogens is 381 g/mol. The summed E-state index contributed by atoms with van der Waals surface area (Å²) in [6.07, 6.45) is 1.45. The Balaban J connectivity index is 1.59. The lowest BCUT2D eigenvalue weighted by molar-refractivity contribution is 0.0770. The summed E-state index contributed by atoms with van der Waals surface area (Å²) in [6, 6.07) is 7.76. The minimum Gasteiger partial charge on any atom is -0.366 e. The Morgan fingerprint density at radius 3 is 2.58 bits per heavy atom. The van der Waals surface area contributed by atoms with E-state index in [2.05, 4.69) is 10.3 Å². The van der Waals surface area contributed by atoms with E-state index in [9.17, 15) is 17.6 Å². The van der Waals surface area contributed by atoms with Crippen molar-refractivity contribution >= 4 is 33.2 Å². The molecule has 2 aromatic rings. The van der Waals surface area contributed by atoms with E-state index >= 15 is 0 Å². The lowest BCUT2D eigenvalue weighted by atomic mass is 10.2. The van der Waals surface area contributed by atoms with Crippen molar-refractivity contribution in [3.8, 4) is 0 Å². The number of hydrogen-bond donors (Lipinski definition) is 1. The number of nitrogens with one attached hydrogen (secondary N) is 1. The standard InChI is InChI=1S/C17H17ClFN3O3S/c18-14-9-12(1-3-15(14)19)10-20-16-4-2-13(11-21-16)17(23)22-5-7-26(24,25)8-6-22/h1-4,9,11H,5-8,10H2,(H,20,21). The number of rotatable bonds is 4. The van der Waals surface area contributed by atoms with Gasteiger partial charge in [0.2, 0.25) is 0 Å². The fraction of sp³-hybridized carbons (Fsp3) is 0.294. The summed E-state index contributed by atoms with van der Waals surface area (Å²) < 4.78 is 36.0. The third-order valence-corrected chi connectivity index (χ3v) is 6.00. The maximum atomic E-state index is 13.1. The highest BCUT2D eigenvalue weighted by Crippen LogP contribution is 2.17. The third kappa shape index (κ3) is 4.50. The van der Waals surface area contributed by atoms with E-state index < -0.39 is 15.7 Å². The molecule has 138 valence electrons. The molecule has 0 aliphatic carbocycles. The molecule has 1 fully saturated rings. The smallest absolute Gasteiger partial charge is 0.255 e. The lowest BCUT2D eigenvalue weighted by Gasteiger charge is -2.26. The number of halogens is 2. The molecule has 6 nitrogen and oxygen atoms in total. The summed E-state index contributed by atoms with van der Waals surface area (Å²) in [6.45, 7) is 0.809. The van der Waals surface area contributed by atoms with Gasteiger partial charge < -0.3 is 10.2 Å². The third-order valence-electron chi connectivity index (χ3n) is 4.10. The second kappa shape index (κ2) is 7.59. The molecule has 9 heteroatoms. The Morgan fingerprint density at radius 2 is 1.96 bits per heavy atom. The van der Waals surface area contributed by atoms with Crippen molar-refractivity contribution in [1.82, 2.24) is 9.88 Å². The number of hydrogen-bond acceptors (Lipinski definition) is 5. The van der Waals surface area contributed by atoms with Crippen molar-refractivity contribution in [2.45, 2.75) is 6.54 Å². The Kier molecular flexibility index (Phi) is 5.43. The highest BCUT2D eigenvalue weighted by molar-refractivity contribution is 7.91. The van der Waals surface area contributed by atoms with Gasteiger partial charge in [-0.2, -0.15) is 0 Å². The molecule has 1 aliphatic heterocycles. The summed E-state index contributed by atoms with van der Waals surface area (Å²) >= 11 is 5.74. The van der Waals surface area contributed by atoms with E-state index in [1.54, 1.807) is 18.2 Å². The topological polar surface area (TPSA) is 79.4 Å². The molecule has 3 rings (SSSR count). The van der Waals surface area contributed by atoms with Gasteiger partial charge in [-0.15, -0.1) is 0 Å². The van der Waals surface area contributed by atoms with Crippen LogP contribution in [0.15, 0.2) is 36.5 Å². The number of carbonyl (C=O) groups excluding carboxylic acids is 1. The molecule has 26 heavy (non-hydrogen) atoms. The van der Waals surface area contributed by atoms with Gasteiger partial charge in [0.15, 0.2) is 9.84 Å². The Hall–Kier alpha value is -2.19. The van der Waals surface area contributed by atoms with Gasteiger partial charge in [0, 0.05) is 25.8 Å². The number of anilines is 1. The molecular formula is C17H17ClFN3O3S. The van der Waals surface area contributed by atoms with Crippen LogP contribution in [-0.2, 0) is 16.4 Å². The predicted molar refractivity (Wildman–Crippen MR) is 97.5 cm³/mol. The molecule has 1 aromatic heterocycles. The summed E-state index contributed by atoms with van der Waals surface area (Å²) in [5.41, 5.74) is 1.20. The zero-order valence-electron chi connectivity index (χ0n) is 13.8. The molecule has 0 radical (unpaired) electrons. The van der Waals surface area contributed by atoms with E-state index in [1.165, 1.54) is 23.2 Å². The number of benzene rings is 1. The van der Waals surface area contributed by atoms with E-state index in [0.717, 1.165) is 5.56 Å². The minimum absolute atomic E-state index is 0.00790. The predicted octanol–water partition coefficient (Wildman–Crippen LogP) is 2.36. The number of carbonyl (C=O) groups is 1. The molecule has 1 N–H and O–H groups in total. The van der Waals surface area contributed by atoms with Crippen LogP contribution >= 0.6 is 11.6 Å². The SMILES string of the molecule is O=C(c1ccc(NCc2ccc(F)c(Cl)c2)nc1)N1CCS(=O)(=O)CC1. The first-order chi connectivity index (χ1) is 12.3. The van der Waals surface area contributed by atoms with Crippen LogP contribution in [0.5, 0.6) is 0 Å². The van der Waals surface area contributed by atoms with Gasteiger partial charge in [0.1, 0.15) is 11.6 Å². The Labute approximate surface area is 155 Å². The average molecular weight is 398 g/mol. The Morgan fingerprint density at radius 1 is 1.23 bits per heavy atom. The van der Waals surface area contributed by atoms with Crippen molar-refractivity contribution in [3.63, 3.8) is 0 Å². The molecule has 1 saturated heterocycles. The fourth-order valence-electron chi connectivity index (χ4n) is 2.57. The number of aromatic nitrogens is 1. The molecule has 1 aromatic carbocycles. The van der Waals surface area contributed by atoms with E-state index in [1.807, 2.05) is 0 Å². The van der Waals surface area contributed by atoms with E-state index in [4.69, 9.17) is 11.6 Å². The summed E-state index contributed by atoms with van der Waals surface area (Å²) in [5.74, 6) is -0.160. The minimum atomic E-state index is -3.03. The van der Waals surface area contributed by atoms with Gasteiger partial charge in [-0.1, -0.05) is 17.7 Å². The molecule has 0 atom stereocenters. The molecule has 0 unspecified atom stereocenters. The Bertz CT molecular complexity index is 905. The van der Waals surface area contributed by atoms with Gasteiger partial charge in [0.25, 0.3) is 5.91 Å². The zero-order valence-corrected chi connectivity index (χ0v) is 15.4. The molecule has 0 bridgehead atoms. The van der Waals surface area contributed by atoms with Crippen LogP contribution < -0.4 is 5.32 Å². The van der Waals surface area contributed by atoms with Crippen LogP contribution in [0.3, 0.4) is 0 Å². The first kappa shape index (κ1) is 18.6. The zero-order chi connectivity index (χ0) is 18.7. The largest absolute Gasteiger partial charge is 0.366 e. The highest BCUT2D eigenvalue weighted by atomic mass is 35.5. The first-order valence-electron chi connectivity index (χ1n) is 7.98. The van der Waals surface area contributed by atoms with Crippen LogP contribution in [0.2, 0.25) is 5.02 Å². The number of sulfone groups is 1. The van der Waals surface area contributed by atoms with Crippen molar-refractivity contribution in [2.75, 3.05) is 29.9 Å². The first-order valence-corrected chi connectivity index (χ1v) is 10.2. The maximum absolute atomic E-state index is 13.1. The van der Waals surface area contributed by atoms with Crippen molar-refractivity contribution < 1.29 is 17.6 Å². The van der Waals surface area contributed by atoms with Crippen molar-refractivity contribution in [1.29, 1.82) is 0 Å². The number of pyridine rings is 1. The van der Waals surface area contributed by atoms with Gasteiger partial charge in [-0.25, -0.2) is 17.8 Å². The average Bonchev–Trinajstić information content (AvgIpc) is 2.62. The number of amides is 1. The fourth-order valence-corrected chi connectivity index (χ4v) is 3.97. The van der Waals surface area contributed by atoms with Crippen molar-refractivity contribution in [3.05, 3.63) is 58.5 Å². The van der Waals surface area contributed by atoms with Crippen LogP contribution in [0, 0.1) is 5.82 Å². The summed E-state index contributed by atoms with van der Waals surface area (Å²) in [7, 11) is -3.03. The summed E-state index contributed by atoms with van der Waals surface area (Å²) in [5, 5.41) is 3.12. The van der Waals surface area contributed by atoms with Gasteiger partial charge in [-0.05, 0) is 29.8 Å². The van der Waals surface area contributed by atoms with Gasteiger partial charge in [0.05, 0.1) is 22.1 Å². The molecule has 0 saturated carbocycles. The van der Waals surface area contributed by atoms with E-state index in [-0.39, 0.29) is 35.5 Å². The number of nitrogens with zero attached hydrogens (tertiary/aromatic N) is 2. The van der Waals surface area contributed by atoms with Crippen molar-refractivity contribution in [2.24, 2.45) is 0 Å². The molecule has 1 amide bonds. The van der Waals surface area contributed by atoms with Crippen LogP contribution in [0.4, 0.5) is 10.2 Å². The van der Waals surface area contributed by atoms with E-state index in [0.29, 0.717) is 17.9 Å². The quantitative estimate of drug-likeness (QED) is 0.856. The lowest BCUT2D eigenvalue weighted by Crippen LogP contribution is -2.43. The normalized spacial score (nSPS) is 16.3. The van der Waals surface area contributed by atoms with Crippen LogP contribution in [0.25, 0.3) is 0 Å². The monoisotopic (exact) mass is 397 g/mol. The van der Waals surface area contributed by atoms with Gasteiger partial charge in [-0.3, -0.25) is 4.79 Å². The summed E-state index contributed by atoms with van der Waals surface area (Å²) in [4.78, 5) is 18.1.